The average molecular weight is 261 g/mol. The van der Waals surface area contributed by atoms with Crippen molar-refractivity contribution < 1.29 is 17.9 Å². The molecule has 0 N–H and O–H groups in total. The van der Waals surface area contributed by atoms with Gasteiger partial charge in [0.05, 0.1) is 13.0 Å². The highest BCUT2D eigenvalue weighted by molar-refractivity contribution is 5.47. The molecule has 1 saturated heterocycles. The number of halogens is 3. The van der Waals surface area contributed by atoms with Crippen LogP contribution in [-0.4, -0.2) is 36.3 Å². The van der Waals surface area contributed by atoms with Crippen molar-refractivity contribution in [1.29, 1.82) is 0 Å². The van der Waals surface area contributed by atoms with Crippen molar-refractivity contribution in [3.8, 4) is 5.88 Å². The van der Waals surface area contributed by atoms with Crippen molar-refractivity contribution in [2.45, 2.75) is 19.0 Å². The van der Waals surface area contributed by atoms with Crippen LogP contribution < -0.4 is 9.64 Å². The van der Waals surface area contributed by atoms with Crippen LogP contribution in [0.1, 0.15) is 12.8 Å². The molecule has 2 rings (SSSR count). The summed E-state index contributed by atoms with van der Waals surface area (Å²) in [4.78, 5) is 9.89. The van der Waals surface area contributed by atoms with Crippen LogP contribution in [0.5, 0.6) is 5.88 Å². The molecule has 7 heteroatoms. The highest BCUT2D eigenvalue weighted by Crippen LogP contribution is 2.36. The number of aromatic nitrogens is 2. The molecular weight excluding hydrogens is 247 g/mol. The Morgan fingerprint density at radius 2 is 1.83 bits per heavy atom. The lowest BCUT2D eigenvalue weighted by Crippen LogP contribution is -2.39. The van der Waals surface area contributed by atoms with Gasteiger partial charge in [0.25, 0.3) is 5.88 Å². The Hall–Kier alpha value is -1.53. The van der Waals surface area contributed by atoms with Gasteiger partial charge < -0.3 is 9.64 Å². The number of hydrogen-bond donors (Lipinski definition) is 0. The van der Waals surface area contributed by atoms with E-state index in [9.17, 15) is 13.2 Å². The number of alkyl halides is 3. The summed E-state index contributed by atoms with van der Waals surface area (Å²) in [6.07, 6.45) is -0.927. The second kappa shape index (κ2) is 4.99. The van der Waals surface area contributed by atoms with Gasteiger partial charge in [-0.25, -0.2) is 9.97 Å². The lowest BCUT2D eigenvalue weighted by atomic mass is 9.96. The number of ether oxygens (including phenoxy) is 1. The summed E-state index contributed by atoms with van der Waals surface area (Å²) in [6, 6.07) is 0. The number of hydrogen-bond acceptors (Lipinski definition) is 4. The molecule has 1 aromatic rings. The molecule has 4 nitrogen and oxygen atoms in total. The number of nitrogens with zero attached hydrogens (tertiary/aromatic N) is 3. The van der Waals surface area contributed by atoms with E-state index in [4.69, 9.17) is 4.74 Å². The van der Waals surface area contributed by atoms with Crippen molar-refractivity contribution in [2.75, 3.05) is 25.1 Å². The molecule has 18 heavy (non-hydrogen) atoms. The SMILES string of the molecule is COc1nccnc1N1CCC(C(F)(F)F)CC1. The van der Waals surface area contributed by atoms with Crippen LogP contribution in [-0.2, 0) is 0 Å². The Morgan fingerprint density at radius 3 is 2.39 bits per heavy atom. The zero-order chi connectivity index (χ0) is 13.2. The second-order valence-corrected chi connectivity index (χ2v) is 4.19. The molecular formula is C11H14F3N3O. The molecule has 0 aromatic carbocycles. The topological polar surface area (TPSA) is 38.3 Å². The molecule has 0 spiro atoms. The van der Waals surface area contributed by atoms with E-state index in [1.54, 1.807) is 4.90 Å². The van der Waals surface area contributed by atoms with E-state index in [0.29, 0.717) is 24.8 Å². The summed E-state index contributed by atoms with van der Waals surface area (Å²) in [7, 11) is 1.47. The fourth-order valence-electron chi connectivity index (χ4n) is 2.10. The zero-order valence-corrected chi connectivity index (χ0v) is 9.94. The normalized spacial score (nSPS) is 17.9. The van der Waals surface area contributed by atoms with Crippen LogP contribution >= 0.6 is 0 Å². The lowest BCUT2D eigenvalue weighted by molar-refractivity contribution is -0.179. The number of piperidine rings is 1. The monoisotopic (exact) mass is 261 g/mol. The van der Waals surface area contributed by atoms with Crippen LogP contribution in [0.2, 0.25) is 0 Å². The van der Waals surface area contributed by atoms with Gasteiger partial charge in [-0.15, -0.1) is 0 Å². The standard InChI is InChI=1S/C11H14F3N3O/c1-18-10-9(15-4-5-16-10)17-6-2-8(3-7-17)11(12,13)14/h4-5,8H,2-3,6-7H2,1H3. The van der Waals surface area contributed by atoms with E-state index in [2.05, 4.69) is 9.97 Å². The Labute approximate surface area is 103 Å². The van der Waals surface area contributed by atoms with Crippen LogP contribution in [0.3, 0.4) is 0 Å². The predicted molar refractivity (Wildman–Crippen MR) is 59.6 cm³/mol. The second-order valence-electron chi connectivity index (χ2n) is 4.19. The zero-order valence-electron chi connectivity index (χ0n) is 9.94. The molecule has 1 aliphatic rings. The van der Waals surface area contributed by atoms with Gasteiger partial charge in [0.2, 0.25) is 0 Å². The molecule has 0 radical (unpaired) electrons. The Bertz CT molecular complexity index is 403. The van der Waals surface area contributed by atoms with Gasteiger partial charge in [-0.05, 0) is 12.8 Å². The van der Waals surface area contributed by atoms with Crippen LogP contribution in [0.4, 0.5) is 19.0 Å². The summed E-state index contributed by atoms with van der Waals surface area (Å²) in [5.41, 5.74) is 0. The minimum absolute atomic E-state index is 0.0865. The minimum atomic E-state index is -4.10. The molecule has 0 atom stereocenters. The Kier molecular flexibility index (Phi) is 3.58. The maximum absolute atomic E-state index is 12.5. The third kappa shape index (κ3) is 2.65. The molecule has 2 heterocycles. The predicted octanol–water partition coefficient (Wildman–Crippen LogP) is 2.26. The van der Waals surface area contributed by atoms with E-state index in [0.717, 1.165) is 0 Å². The molecule has 1 aliphatic heterocycles. The maximum atomic E-state index is 12.5. The molecule has 0 saturated carbocycles. The lowest BCUT2D eigenvalue weighted by Gasteiger charge is -2.33. The molecule has 1 fully saturated rings. The van der Waals surface area contributed by atoms with Crippen LogP contribution in [0, 0.1) is 5.92 Å². The largest absolute Gasteiger partial charge is 0.478 e. The quantitative estimate of drug-likeness (QED) is 0.818. The average Bonchev–Trinajstić information content (AvgIpc) is 2.38. The van der Waals surface area contributed by atoms with Gasteiger partial charge in [-0.1, -0.05) is 0 Å². The van der Waals surface area contributed by atoms with Crippen LogP contribution in [0.25, 0.3) is 0 Å². The molecule has 0 bridgehead atoms. The molecule has 0 aliphatic carbocycles. The first kappa shape index (κ1) is 12.9. The van der Waals surface area contributed by atoms with Gasteiger partial charge >= 0.3 is 6.18 Å². The third-order valence-electron chi connectivity index (χ3n) is 3.10. The van der Waals surface area contributed by atoms with Crippen molar-refractivity contribution in [2.24, 2.45) is 5.92 Å². The number of methoxy groups -OCH3 is 1. The summed E-state index contributed by atoms with van der Waals surface area (Å²) >= 11 is 0. The first-order valence-electron chi connectivity index (χ1n) is 5.69. The minimum Gasteiger partial charge on any atom is -0.478 e. The van der Waals surface area contributed by atoms with E-state index in [1.165, 1.54) is 19.5 Å². The van der Waals surface area contributed by atoms with Gasteiger partial charge in [-0.2, -0.15) is 13.2 Å². The fraction of sp³-hybridized carbons (Fsp3) is 0.636. The van der Waals surface area contributed by atoms with E-state index in [1.807, 2.05) is 0 Å². The first-order chi connectivity index (χ1) is 8.52. The van der Waals surface area contributed by atoms with Gasteiger partial charge in [0.1, 0.15) is 0 Å². The number of rotatable bonds is 2. The van der Waals surface area contributed by atoms with Crippen LogP contribution in [0.15, 0.2) is 12.4 Å². The summed E-state index contributed by atoms with van der Waals surface area (Å²) in [5.74, 6) is -0.347. The molecule has 0 amide bonds. The van der Waals surface area contributed by atoms with Gasteiger partial charge in [0, 0.05) is 25.5 Å². The summed E-state index contributed by atoms with van der Waals surface area (Å²) in [6.45, 7) is 0.637. The van der Waals surface area contributed by atoms with Gasteiger partial charge in [-0.3, -0.25) is 0 Å². The fourth-order valence-corrected chi connectivity index (χ4v) is 2.10. The van der Waals surface area contributed by atoms with E-state index in [-0.39, 0.29) is 12.8 Å². The highest BCUT2D eigenvalue weighted by Gasteiger charge is 2.41. The maximum Gasteiger partial charge on any atom is 0.391 e. The molecule has 100 valence electrons. The Morgan fingerprint density at radius 1 is 1.22 bits per heavy atom. The smallest absolute Gasteiger partial charge is 0.391 e. The van der Waals surface area contributed by atoms with Crippen molar-refractivity contribution in [1.82, 2.24) is 9.97 Å². The van der Waals surface area contributed by atoms with Gasteiger partial charge in [0.15, 0.2) is 5.82 Å². The molecule has 1 aromatic heterocycles. The highest BCUT2D eigenvalue weighted by atomic mass is 19.4. The van der Waals surface area contributed by atoms with Crippen molar-refractivity contribution in [3.05, 3.63) is 12.4 Å². The summed E-state index contributed by atoms with van der Waals surface area (Å²) in [5, 5.41) is 0. The van der Waals surface area contributed by atoms with E-state index >= 15 is 0 Å². The molecule has 0 unspecified atom stereocenters. The summed E-state index contributed by atoms with van der Waals surface area (Å²) < 4.78 is 42.7. The first-order valence-corrected chi connectivity index (χ1v) is 5.69. The third-order valence-corrected chi connectivity index (χ3v) is 3.10. The van der Waals surface area contributed by atoms with Crippen molar-refractivity contribution in [3.63, 3.8) is 0 Å². The van der Waals surface area contributed by atoms with Crippen molar-refractivity contribution >= 4 is 5.82 Å². The Balaban J connectivity index is 2.06. The number of anilines is 1. The van der Waals surface area contributed by atoms with E-state index < -0.39 is 12.1 Å².